The lowest BCUT2D eigenvalue weighted by atomic mass is 9.84. The molecule has 0 amide bonds. The van der Waals surface area contributed by atoms with Crippen LogP contribution >= 0.6 is 11.8 Å². The maximum absolute atomic E-state index is 9.59. The van der Waals surface area contributed by atoms with Crippen molar-refractivity contribution in [3.05, 3.63) is 17.7 Å². The summed E-state index contributed by atoms with van der Waals surface area (Å²) in [5.41, 5.74) is 0.505. The minimum Gasteiger partial charge on any atom is -0.496 e. The zero-order valence-electron chi connectivity index (χ0n) is 12.6. The zero-order valence-corrected chi connectivity index (χ0v) is 13.4. The molecule has 0 aliphatic heterocycles. The van der Waals surface area contributed by atoms with Crippen molar-refractivity contribution < 1.29 is 14.6 Å². The van der Waals surface area contributed by atoms with Gasteiger partial charge in [-0.1, -0.05) is 27.7 Å². The van der Waals surface area contributed by atoms with Crippen molar-refractivity contribution in [3.8, 4) is 11.5 Å². The summed E-state index contributed by atoms with van der Waals surface area (Å²) in [6, 6.07) is 4.03. The highest BCUT2D eigenvalue weighted by molar-refractivity contribution is 7.99. The molecule has 4 heteroatoms. The molecule has 0 spiro atoms. The third-order valence-electron chi connectivity index (χ3n) is 2.92. The van der Waals surface area contributed by atoms with Crippen LogP contribution in [0.4, 0.5) is 0 Å². The maximum Gasteiger partial charge on any atom is 0.127 e. The summed E-state index contributed by atoms with van der Waals surface area (Å²) in [5, 5.41) is 10.1. The molecule has 0 fully saturated rings. The quantitative estimate of drug-likeness (QED) is 0.812. The van der Waals surface area contributed by atoms with Crippen LogP contribution in [0.2, 0.25) is 0 Å². The Hall–Kier alpha value is -0.870. The van der Waals surface area contributed by atoms with Gasteiger partial charge in [0.05, 0.1) is 20.8 Å². The molecule has 0 radical (unpaired) electrons. The van der Waals surface area contributed by atoms with Crippen LogP contribution in [0.25, 0.3) is 0 Å². The van der Waals surface area contributed by atoms with Gasteiger partial charge >= 0.3 is 0 Å². The predicted molar refractivity (Wildman–Crippen MR) is 80.7 cm³/mol. The molecular weight excluding hydrogens is 260 g/mol. The second kappa shape index (κ2) is 6.53. The van der Waals surface area contributed by atoms with Crippen molar-refractivity contribution in [3.63, 3.8) is 0 Å². The second-order valence-electron chi connectivity index (χ2n) is 5.41. The van der Waals surface area contributed by atoms with Crippen LogP contribution in [-0.2, 0) is 5.41 Å². The summed E-state index contributed by atoms with van der Waals surface area (Å²) < 4.78 is 11.0. The van der Waals surface area contributed by atoms with Crippen LogP contribution in [0.3, 0.4) is 0 Å². The van der Waals surface area contributed by atoms with E-state index in [1.165, 1.54) is 0 Å². The summed E-state index contributed by atoms with van der Waals surface area (Å²) in [5.74, 6) is 1.53. The number of hydrogen-bond donors (Lipinski definition) is 1. The Bertz CT molecular complexity index is 402. The number of thioether (sulfide) groups is 1. The number of aliphatic hydroxyl groups excluding tert-OH is 1. The topological polar surface area (TPSA) is 38.7 Å². The normalized spacial score (nSPS) is 11.8. The van der Waals surface area contributed by atoms with E-state index < -0.39 is 5.41 Å². The number of methoxy groups -OCH3 is 2. The number of aliphatic hydroxyl groups is 1. The molecule has 0 atom stereocenters. The Labute approximate surface area is 120 Å². The second-order valence-corrected chi connectivity index (χ2v) is 7.06. The van der Waals surface area contributed by atoms with E-state index in [1.807, 2.05) is 26.0 Å². The average molecular weight is 284 g/mol. The molecule has 0 aromatic heterocycles. The van der Waals surface area contributed by atoms with Crippen molar-refractivity contribution in [1.29, 1.82) is 0 Å². The Balaban J connectivity index is 3.38. The first-order valence-corrected chi connectivity index (χ1v) is 7.27. The van der Waals surface area contributed by atoms with Gasteiger partial charge in [-0.3, -0.25) is 0 Å². The fraction of sp³-hybridized carbons (Fsp3) is 0.600. The molecule has 0 aliphatic rings. The molecule has 0 saturated carbocycles. The van der Waals surface area contributed by atoms with Gasteiger partial charge in [-0.05, 0) is 12.1 Å². The Kier molecular flexibility index (Phi) is 5.56. The number of ether oxygens (including phenoxy) is 2. The maximum atomic E-state index is 9.59. The highest BCUT2D eigenvalue weighted by atomic mass is 32.2. The number of rotatable bonds is 6. The molecule has 1 aromatic rings. The minimum absolute atomic E-state index is 0.0381. The first kappa shape index (κ1) is 16.2. The van der Waals surface area contributed by atoms with Gasteiger partial charge in [-0.2, -0.15) is 0 Å². The monoisotopic (exact) mass is 284 g/mol. The van der Waals surface area contributed by atoms with E-state index in [-0.39, 0.29) is 6.61 Å². The largest absolute Gasteiger partial charge is 0.496 e. The summed E-state index contributed by atoms with van der Waals surface area (Å²) in [6.45, 7) is 8.28. The van der Waals surface area contributed by atoms with Gasteiger partial charge in [0.15, 0.2) is 0 Å². The van der Waals surface area contributed by atoms with Crippen LogP contribution in [0.1, 0.15) is 33.3 Å². The lowest BCUT2D eigenvalue weighted by Gasteiger charge is -2.27. The molecule has 0 heterocycles. The lowest BCUT2D eigenvalue weighted by Crippen LogP contribution is -2.24. The highest BCUT2D eigenvalue weighted by Crippen LogP contribution is 2.42. The van der Waals surface area contributed by atoms with Crippen LogP contribution < -0.4 is 9.47 Å². The Morgan fingerprint density at radius 2 is 1.63 bits per heavy atom. The van der Waals surface area contributed by atoms with E-state index in [1.54, 1.807) is 26.0 Å². The third kappa shape index (κ3) is 3.80. The molecule has 1 rings (SSSR count). The van der Waals surface area contributed by atoms with E-state index in [4.69, 9.17) is 9.47 Å². The van der Waals surface area contributed by atoms with Crippen LogP contribution in [0.15, 0.2) is 17.0 Å². The Morgan fingerprint density at radius 3 is 1.95 bits per heavy atom. The highest BCUT2D eigenvalue weighted by Gasteiger charge is 2.28. The van der Waals surface area contributed by atoms with E-state index in [9.17, 15) is 5.11 Å². The molecule has 3 nitrogen and oxygen atoms in total. The van der Waals surface area contributed by atoms with Crippen molar-refractivity contribution >= 4 is 11.8 Å². The molecule has 0 saturated heterocycles. The smallest absolute Gasteiger partial charge is 0.127 e. The molecule has 0 bridgehead atoms. The molecule has 0 aliphatic carbocycles. The van der Waals surface area contributed by atoms with E-state index >= 15 is 0 Å². The van der Waals surface area contributed by atoms with Crippen molar-refractivity contribution in [1.82, 2.24) is 0 Å². The Morgan fingerprint density at radius 1 is 1.16 bits per heavy atom. The SMILES string of the molecule is COc1cc(SC(C)C)cc(OC)c1C(C)(C)CO. The van der Waals surface area contributed by atoms with Crippen molar-refractivity contribution in [2.75, 3.05) is 20.8 Å². The van der Waals surface area contributed by atoms with Gasteiger partial charge in [0.1, 0.15) is 11.5 Å². The van der Waals surface area contributed by atoms with Crippen LogP contribution in [0, 0.1) is 0 Å². The van der Waals surface area contributed by atoms with Gasteiger partial charge < -0.3 is 14.6 Å². The summed E-state index contributed by atoms with van der Waals surface area (Å²) in [6.07, 6.45) is 0. The fourth-order valence-corrected chi connectivity index (χ4v) is 2.87. The van der Waals surface area contributed by atoms with Crippen molar-refractivity contribution in [2.45, 2.75) is 43.3 Å². The molecule has 1 N–H and O–H groups in total. The van der Waals surface area contributed by atoms with Gasteiger partial charge in [-0.25, -0.2) is 0 Å². The van der Waals surface area contributed by atoms with Gasteiger partial charge in [0.2, 0.25) is 0 Å². The molecule has 108 valence electrons. The lowest BCUT2D eigenvalue weighted by molar-refractivity contribution is 0.210. The minimum atomic E-state index is -0.405. The van der Waals surface area contributed by atoms with Crippen LogP contribution in [-0.4, -0.2) is 31.2 Å². The predicted octanol–water partition coefficient (Wildman–Crippen LogP) is 3.47. The molecule has 0 unspecified atom stereocenters. The third-order valence-corrected chi connectivity index (χ3v) is 3.90. The summed E-state index contributed by atoms with van der Waals surface area (Å²) in [7, 11) is 3.30. The van der Waals surface area contributed by atoms with Crippen LogP contribution in [0.5, 0.6) is 11.5 Å². The first-order valence-electron chi connectivity index (χ1n) is 6.39. The molecule has 1 aromatic carbocycles. The molecule has 19 heavy (non-hydrogen) atoms. The van der Waals surface area contributed by atoms with Gasteiger partial charge in [-0.15, -0.1) is 11.8 Å². The fourth-order valence-electron chi connectivity index (χ4n) is 1.97. The molecular formula is C15H24O3S. The van der Waals surface area contributed by atoms with E-state index in [0.717, 1.165) is 22.0 Å². The van der Waals surface area contributed by atoms with Crippen molar-refractivity contribution in [2.24, 2.45) is 0 Å². The average Bonchev–Trinajstić information content (AvgIpc) is 2.36. The summed E-state index contributed by atoms with van der Waals surface area (Å²) >= 11 is 1.76. The van der Waals surface area contributed by atoms with E-state index in [2.05, 4.69) is 13.8 Å². The number of benzene rings is 1. The standard InChI is InChI=1S/C15H24O3S/c1-10(2)19-11-7-12(17-5)14(13(8-11)18-6)15(3,4)9-16/h7-8,10,16H,9H2,1-6H3. The first-order chi connectivity index (χ1) is 8.85. The number of hydrogen-bond acceptors (Lipinski definition) is 4. The van der Waals surface area contributed by atoms with E-state index in [0.29, 0.717) is 5.25 Å². The zero-order chi connectivity index (χ0) is 14.6. The summed E-state index contributed by atoms with van der Waals surface area (Å²) in [4.78, 5) is 1.11. The van der Waals surface area contributed by atoms with Gasteiger partial charge in [0.25, 0.3) is 0 Å². The van der Waals surface area contributed by atoms with Gasteiger partial charge in [0, 0.05) is 21.1 Å².